The standard InChI is InChI=1S/C8H17.2C4H9.Li.Mg/c1-3-5-7-8-6-4-2;2*1-3-4-2;;/h1,3-8H2,2H3;3H,4H2,1-2H3;1,3-4H2,2H3;;. The molecule has 0 N–H and O–H groups in total. The Morgan fingerprint density at radius 3 is 1.72 bits per heavy atom. The first-order chi connectivity index (χ1) is 8.68. The summed E-state index contributed by atoms with van der Waals surface area (Å²) in [4.78, 5) is 0. The fraction of sp³-hybridized carbons (Fsp3) is 1.00. The molecule has 0 saturated heterocycles. The van der Waals surface area contributed by atoms with Crippen LogP contribution in [0.25, 0.3) is 0 Å². The van der Waals surface area contributed by atoms with Crippen molar-refractivity contribution < 1.29 is 0 Å². The van der Waals surface area contributed by atoms with E-state index in [1.807, 2.05) is 0 Å². The monoisotopic (exact) mass is 258 g/mol. The summed E-state index contributed by atoms with van der Waals surface area (Å²) in [5.41, 5.74) is 0. The van der Waals surface area contributed by atoms with Gasteiger partial charge in [0.15, 0.2) is 0 Å². The van der Waals surface area contributed by atoms with Gasteiger partial charge in [-0.2, -0.15) is 0 Å². The number of hydrogen-bond acceptors (Lipinski definition) is 0. The third kappa shape index (κ3) is 26.0. The van der Waals surface area contributed by atoms with Gasteiger partial charge in [-0.1, -0.05) is 65.2 Å². The van der Waals surface area contributed by atoms with Crippen molar-refractivity contribution in [2.24, 2.45) is 0 Å². The minimum atomic E-state index is 0.361. The van der Waals surface area contributed by atoms with Crippen LogP contribution in [0.15, 0.2) is 0 Å². The van der Waals surface area contributed by atoms with Gasteiger partial charge in [-0.15, -0.1) is 9.10 Å². The zero-order valence-electron chi connectivity index (χ0n) is 14.1. The van der Waals surface area contributed by atoms with Crippen LogP contribution in [0, 0.1) is 0 Å². The van der Waals surface area contributed by atoms with Crippen molar-refractivity contribution >= 4 is 38.1 Å². The summed E-state index contributed by atoms with van der Waals surface area (Å²) in [6.45, 7) is 9.02. The van der Waals surface area contributed by atoms with E-state index in [1.165, 1.54) is 51.4 Å². The van der Waals surface area contributed by atoms with E-state index in [0.717, 1.165) is 4.59 Å². The fourth-order valence-electron chi connectivity index (χ4n) is 1.74. The molecule has 18 heavy (non-hydrogen) atoms. The summed E-state index contributed by atoms with van der Waals surface area (Å²) in [6, 6.07) is 0. The van der Waals surface area contributed by atoms with Crippen molar-refractivity contribution in [3.05, 3.63) is 0 Å². The van der Waals surface area contributed by atoms with Crippen LogP contribution in [0.1, 0.15) is 85.5 Å². The van der Waals surface area contributed by atoms with Crippen LogP contribution in [0.5, 0.6) is 0 Å². The molecule has 0 heterocycles. The van der Waals surface area contributed by atoms with Crippen LogP contribution in [0.3, 0.4) is 0 Å². The molecule has 0 nitrogen and oxygen atoms in total. The molecule has 0 aliphatic rings. The van der Waals surface area contributed by atoms with Gasteiger partial charge in [-0.05, 0) is 0 Å². The van der Waals surface area contributed by atoms with E-state index in [9.17, 15) is 0 Å². The molecule has 0 spiro atoms. The first-order valence-corrected chi connectivity index (χ1v) is 10.7. The van der Waals surface area contributed by atoms with Gasteiger partial charge in [0.25, 0.3) is 0 Å². The van der Waals surface area contributed by atoms with Crippen molar-refractivity contribution in [1.82, 2.24) is 0 Å². The van der Waals surface area contributed by atoms with Gasteiger partial charge in [0.1, 0.15) is 0 Å². The summed E-state index contributed by atoms with van der Waals surface area (Å²) < 4.78 is 4.10. The Labute approximate surface area is 136 Å². The first-order valence-electron chi connectivity index (χ1n) is 8.68. The Bertz CT molecular complexity index is 116. The van der Waals surface area contributed by atoms with Crippen LogP contribution < -0.4 is 0 Å². The van der Waals surface area contributed by atoms with E-state index in [0.29, 0.717) is 20.4 Å². The molecule has 0 radical (unpaired) electrons. The molecule has 0 aromatic rings. The molecule has 1 atom stereocenters. The summed E-state index contributed by atoms with van der Waals surface area (Å²) in [7, 11) is 0. The Kier molecular flexibility index (Phi) is 24.9. The predicted molar refractivity (Wildman–Crippen MR) is 89.1 cm³/mol. The molecular formula is C16H35LiMg. The van der Waals surface area contributed by atoms with Crippen molar-refractivity contribution in [2.45, 2.75) is 99.2 Å². The van der Waals surface area contributed by atoms with E-state index < -0.39 is 0 Å². The maximum atomic E-state index is 2.30. The Morgan fingerprint density at radius 2 is 1.22 bits per heavy atom. The van der Waals surface area contributed by atoms with Crippen molar-refractivity contribution in [3.8, 4) is 0 Å². The second kappa shape index (κ2) is 20.7. The minimum absolute atomic E-state index is 0.361. The summed E-state index contributed by atoms with van der Waals surface area (Å²) in [5.74, 6) is 0. The molecule has 0 aliphatic heterocycles. The molecular weight excluding hydrogens is 223 g/mol. The Balaban J connectivity index is 0. The van der Waals surface area contributed by atoms with Crippen molar-refractivity contribution in [2.75, 3.05) is 0 Å². The molecule has 2 heteroatoms. The first kappa shape index (κ1) is 21.7. The van der Waals surface area contributed by atoms with Gasteiger partial charge in [-0.25, -0.2) is 0 Å². The molecule has 102 valence electrons. The molecule has 1 unspecified atom stereocenters. The fourth-order valence-corrected chi connectivity index (χ4v) is 3.65. The zero-order chi connectivity index (χ0) is 14.1. The molecule has 0 fully saturated rings. The summed E-state index contributed by atoms with van der Waals surface area (Å²) in [6.07, 6.45) is 13.1. The molecule has 0 aromatic heterocycles. The number of rotatable bonds is 11. The number of unbranched alkanes of at least 4 members (excludes halogenated alkanes) is 6. The second-order valence-electron chi connectivity index (χ2n) is 5.98. The average Bonchev–Trinajstić information content (AvgIpc) is 2.37. The van der Waals surface area contributed by atoms with Gasteiger partial charge in [0.2, 0.25) is 0 Å². The van der Waals surface area contributed by atoms with Crippen molar-refractivity contribution in [1.29, 1.82) is 0 Å². The summed E-state index contributed by atoms with van der Waals surface area (Å²) in [5, 5.41) is 0. The van der Waals surface area contributed by atoms with E-state index in [1.54, 1.807) is 15.5 Å². The third-order valence-electron chi connectivity index (χ3n) is 3.52. The predicted octanol–water partition coefficient (Wildman–Crippen LogP) is 6.06. The van der Waals surface area contributed by atoms with Gasteiger partial charge in [0.05, 0.1) is 0 Å². The molecule has 0 bridgehead atoms. The number of hydrogen-bond donors (Lipinski definition) is 0. The zero-order valence-corrected chi connectivity index (χ0v) is 15.5. The third-order valence-corrected chi connectivity index (χ3v) is 5.52. The van der Waals surface area contributed by atoms with Crippen molar-refractivity contribution in [3.63, 3.8) is 0 Å². The quantitative estimate of drug-likeness (QED) is 0.312. The molecule has 0 rings (SSSR count). The second-order valence-corrected chi connectivity index (χ2v) is 8.11. The Hall–Kier alpha value is 1.36. The van der Waals surface area contributed by atoms with Gasteiger partial charge < -0.3 is 0 Å². The van der Waals surface area contributed by atoms with Gasteiger partial charge in [0, 0.05) is 0 Å². The van der Waals surface area contributed by atoms with E-state index >= 15 is 0 Å². The summed E-state index contributed by atoms with van der Waals surface area (Å²) >= 11 is 2.58. The van der Waals surface area contributed by atoms with Crippen LogP contribution in [-0.4, -0.2) is 38.1 Å². The Morgan fingerprint density at radius 1 is 0.778 bits per heavy atom. The molecule has 0 aromatic carbocycles. The normalized spacial score (nSPS) is 11.4. The van der Waals surface area contributed by atoms with Crippen LogP contribution in [-0.2, 0) is 0 Å². The van der Waals surface area contributed by atoms with Gasteiger partial charge >= 0.3 is 62.9 Å². The van der Waals surface area contributed by atoms with Crippen LogP contribution in [0.2, 0.25) is 13.7 Å². The molecule has 0 aliphatic carbocycles. The van der Waals surface area contributed by atoms with Crippen LogP contribution in [0.4, 0.5) is 0 Å². The van der Waals surface area contributed by atoms with E-state index in [2.05, 4.69) is 45.4 Å². The molecule has 0 amide bonds. The average molecular weight is 259 g/mol. The van der Waals surface area contributed by atoms with Crippen LogP contribution >= 0.6 is 0 Å². The maximum absolute atomic E-state index is 2.30. The molecule has 0 saturated carbocycles. The SMILES string of the molecule is CCCCCCC[CH2][Mg][CH2]CCC.[Li][CH](C)CC. The topological polar surface area (TPSA) is 0 Å². The van der Waals surface area contributed by atoms with E-state index in [4.69, 9.17) is 0 Å². The van der Waals surface area contributed by atoms with E-state index in [-0.39, 0.29) is 0 Å². The van der Waals surface area contributed by atoms with Gasteiger partial charge in [-0.3, -0.25) is 0 Å².